The van der Waals surface area contributed by atoms with Crippen LogP contribution in [0.1, 0.15) is 50.2 Å². The second-order valence-electron chi connectivity index (χ2n) is 6.68. The lowest BCUT2D eigenvalue weighted by atomic mass is 9.76. The summed E-state index contributed by atoms with van der Waals surface area (Å²) in [6, 6.07) is 12.6. The molecule has 4 rings (SSSR count). The van der Waals surface area contributed by atoms with Crippen molar-refractivity contribution in [3.63, 3.8) is 0 Å². The van der Waals surface area contributed by atoms with Crippen LogP contribution in [0.3, 0.4) is 0 Å². The van der Waals surface area contributed by atoms with Crippen LogP contribution in [0.2, 0.25) is 0 Å². The monoisotopic (exact) mass is 348 g/mol. The van der Waals surface area contributed by atoms with Crippen LogP contribution < -0.4 is 10.4 Å². The molecule has 5 heteroatoms. The first kappa shape index (κ1) is 16.4. The highest BCUT2D eigenvalue weighted by atomic mass is 16.5. The summed E-state index contributed by atoms with van der Waals surface area (Å²) in [6.07, 6.45) is 5.21. The van der Waals surface area contributed by atoms with E-state index in [1.54, 1.807) is 30.3 Å². The zero-order valence-electron chi connectivity index (χ0n) is 14.3. The number of hydrogen-bond donors (Lipinski definition) is 1. The number of hydrogen-bond acceptors (Lipinski definition) is 5. The van der Waals surface area contributed by atoms with Gasteiger partial charge in [0.2, 0.25) is 0 Å². The Balaban J connectivity index is 1.69. The number of allylic oxidation sites excluding steroid dienone is 2. The molecule has 2 aliphatic rings. The van der Waals surface area contributed by atoms with E-state index < -0.39 is 5.97 Å². The lowest BCUT2D eigenvalue weighted by molar-refractivity contribution is -0.255. The Morgan fingerprint density at radius 1 is 1.12 bits per heavy atom. The first-order valence-corrected chi connectivity index (χ1v) is 8.55. The predicted molar refractivity (Wildman–Crippen MR) is 94.9 cm³/mol. The molecule has 1 heterocycles. The summed E-state index contributed by atoms with van der Waals surface area (Å²) in [5.41, 5.74) is 3.74. The Morgan fingerprint density at radius 2 is 1.85 bits per heavy atom. The highest BCUT2D eigenvalue weighted by molar-refractivity contribution is 5.89. The van der Waals surface area contributed by atoms with Crippen LogP contribution in [0.25, 0.3) is 0 Å². The van der Waals surface area contributed by atoms with E-state index in [0.717, 1.165) is 23.2 Å². The molecule has 2 aromatic rings. The highest BCUT2D eigenvalue weighted by Gasteiger charge is 2.37. The number of anilines is 1. The van der Waals surface area contributed by atoms with E-state index in [4.69, 9.17) is 4.74 Å². The topological polar surface area (TPSA) is 78.5 Å². The molecule has 0 fully saturated rings. The molecule has 5 nitrogen and oxygen atoms in total. The summed E-state index contributed by atoms with van der Waals surface area (Å²) in [6.45, 7) is 0. The lowest BCUT2D eigenvalue weighted by Gasteiger charge is -2.38. The molecular weight excluding hydrogens is 330 g/mol. The van der Waals surface area contributed by atoms with Gasteiger partial charge in [0.25, 0.3) is 0 Å². The smallest absolute Gasteiger partial charge is 0.337 e. The molecule has 0 bridgehead atoms. The Kier molecular flexibility index (Phi) is 3.99. The van der Waals surface area contributed by atoms with Gasteiger partial charge in [0.1, 0.15) is 0 Å². The summed E-state index contributed by atoms with van der Waals surface area (Å²) in [5.74, 6) is -1.06. The van der Waals surface area contributed by atoms with Crippen molar-refractivity contribution < 1.29 is 19.4 Å². The zero-order chi connectivity index (χ0) is 18.3. The van der Waals surface area contributed by atoms with Crippen molar-refractivity contribution in [3.8, 4) is 0 Å². The fourth-order valence-corrected chi connectivity index (χ4v) is 4.00. The Hall–Kier alpha value is -3.08. The Labute approximate surface area is 151 Å². The Morgan fingerprint density at radius 3 is 2.54 bits per heavy atom. The summed E-state index contributed by atoms with van der Waals surface area (Å²) in [4.78, 5) is 22.8. The largest absolute Gasteiger partial charge is 0.545 e. The number of carboxylic acid groups (broad SMARTS) is 1. The number of aromatic carboxylic acids is 1. The molecule has 132 valence electrons. The quantitative estimate of drug-likeness (QED) is 0.681. The van der Waals surface area contributed by atoms with Gasteiger partial charge in [-0.2, -0.15) is 0 Å². The number of methoxy groups -OCH3 is 1. The molecule has 2 aromatic carbocycles. The van der Waals surface area contributed by atoms with Gasteiger partial charge in [-0.25, -0.2) is 4.79 Å². The fraction of sp³-hybridized carbons (Fsp3) is 0.238. The van der Waals surface area contributed by atoms with Crippen molar-refractivity contribution in [1.82, 2.24) is 0 Å². The standard InChI is InChI=1S/C21H19NO4/c1-26-21(25)13-7-5-12(6-8-13)19-16-4-2-3-15(16)17-11-14(20(23)24)9-10-18(17)22-19/h2-3,5-11,15-16,19,22H,4H2,1H3,(H,23,24)/p-1/t15-,16+,19+/m1/s1. The molecule has 3 atom stereocenters. The van der Waals surface area contributed by atoms with Crippen LogP contribution in [-0.2, 0) is 4.74 Å². The molecular formula is C21H18NO4-. The van der Waals surface area contributed by atoms with Gasteiger partial charge in [-0.1, -0.05) is 30.4 Å². The average Bonchev–Trinajstić information content (AvgIpc) is 3.16. The van der Waals surface area contributed by atoms with Crippen molar-refractivity contribution >= 4 is 17.6 Å². The van der Waals surface area contributed by atoms with Gasteiger partial charge < -0.3 is 20.0 Å². The number of carbonyl (C=O) groups is 2. The molecule has 0 saturated carbocycles. The number of carboxylic acids is 1. The Bertz CT molecular complexity index is 901. The summed E-state index contributed by atoms with van der Waals surface area (Å²) in [5, 5.41) is 14.7. The number of nitrogens with one attached hydrogen (secondary N) is 1. The van der Waals surface area contributed by atoms with Crippen LogP contribution in [0, 0.1) is 5.92 Å². The number of rotatable bonds is 3. The van der Waals surface area contributed by atoms with Gasteiger partial charge in [-0.15, -0.1) is 0 Å². The molecule has 0 saturated heterocycles. The third-order valence-electron chi connectivity index (χ3n) is 5.29. The van der Waals surface area contributed by atoms with Crippen LogP contribution in [0.4, 0.5) is 5.69 Å². The molecule has 1 N–H and O–H groups in total. The van der Waals surface area contributed by atoms with Crippen molar-refractivity contribution in [2.24, 2.45) is 5.92 Å². The number of carbonyl (C=O) groups excluding carboxylic acids is 2. The number of esters is 1. The molecule has 0 aromatic heterocycles. The van der Waals surface area contributed by atoms with Crippen molar-refractivity contribution in [2.45, 2.75) is 18.4 Å². The number of fused-ring (bicyclic) bond motifs is 3. The van der Waals surface area contributed by atoms with E-state index in [1.807, 2.05) is 12.1 Å². The summed E-state index contributed by atoms with van der Waals surface area (Å²) < 4.78 is 4.75. The van der Waals surface area contributed by atoms with Crippen molar-refractivity contribution in [3.05, 3.63) is 76.9 Å². The molecule has 0 unspecified atom stereocenters. The van der Waals surface area contributed by atoms with E-state index >= 15 is 0 Å². The molecule has 0 radical (unpaired) electrons. The van der Waals surface area contributed by atoms with Gasteiger partial charge >= 0.3 is 5.97 Å². The van der Waals surface area contributed by atoms with E-state index in [9.17, 15) is 14.7 Å². The van der Waals surface area contributed by atoms with E-state index in [2.05, 4.69) is 17.5 Å². The SMILES string of the molecule is COC(=O)c1ccc([C@@H]2Nc3ccc(C(=O)[O-])cc3[C@@H]3C=CC[C@@H]32)cc1. The molecule has 1 aliphatic carbocycles. The molecule has 0 amide bonds. The third kappa shape index (κ3) is 2.65. The number of benzene rings is 2. The second kappa shape index (κ2) is 6.33. The van der Waals surface area contributed by atoms with E-state index in [0.29, 0.717) is 11.5 Å². The minimum absolute atomic E-state index is 0.0861. The summed E-state index contributed by atoms with van der Waals surface area (Å²) >= 11 is 0. The molecule has 0 spiro atoms. The average molecular weight is 348 g/mol. The van der Waals surface area contributed by atoms with Gasteiger partial charge in [0, 0.05) is 11.6 Å². The fourth-order valence-electron chi connectivity index (χ4n) is 4.00. The van der Waals surface area contributed by atoms with Gasteiger partial charge in [-0.05, 0) is 53.3 Å². The second-order valence-corrected chi connectivity index (χ2v) is 6.68. The normalized spacial score (nSPS) is 22.9. The first-order chi connectivity index (χ1) is 12.6. The maximum atomic E-state index is 11.6. The maximum absolute atomic E-state index is 11.6. The zero-order valence-corrected chi connectivity index (χ0v) is 14.3. The van der Waals surface area contributed by atoms with Crippen LogP contribution in [-0.4, -0.2) is 19.0 Å². The maximum Gasteiger partial charge on any atom is 0.337 e. The van der Waals surface area contributed by atoms with Crippen LogP contribution >= 0.6 is 0 Å². The minimum Gasteiger partial charge on any atom is -0.545 e. The van der Waals surface area contributed by atoms with Gasteiger partial charge in [-0.3, -0.25) is 0 Å². The number of ether oxygens (including phenoxy) is 1. The van der Waals surface area contributed by atoms with Crippen LogP contribution in [0.15, 0.2) is 54.6 Å². The summed E-state index contributed by atoms with van der Waals surface area (Å²) in [7, 11) is 1.37. The molecule has 1 aliphatic heterocycles. The minimum atomic E-state index is -1.16. The van der Waals surface area contributed by atoms with E-state index in [1.165, 1.54) is 7.11 Å². The van der Waals surface area contributed by atoms with Gasteiger partial charge in [0.05, 0.1) is 24.7 Å². The van der Waals surface area contributed by atoms with Crippen LogP contribution in [0.5, 0.6) is 0 Å². The first-order valence-electron chi connectivity index (χ1n) is 8.55. The van der Waals surface area contributed by atoms with Crippen molar-refractivity contribution in [2.75, 3.05) is 12.4 Å². The molecule has 26 heavy (non-hydrogen) atoms. The van der Waals surface area contributed by atoms with Crippen molar-refractivity contribution in [1.29, 1.82) is 0 Å². The van der Waals surface area contributed by atoms with E-state index in [-0.39, 0.29) is 23.5 Å². The lowest BCUT2D eigenvalue weighted by Crippen LogP contribution is -2.30. The highest BCUT2D eigenvalue weighted by Crippen LogP contribution is 2.49. The van der Waals surface area contributed by atoms with Gasteiger partial charge in [0.15, 0.2) is 0 Å². The predicted octanol–water partition coefficient (Wildman–Crippen LogP) is 2.66. The third-order valence-corrected chi connectivity index (χ3v) is 5.29.